The lowest BCUT2D eigenvalue weighted by molar-refractivity contribution is -0.0498. The van der Waals surface area contributed by atoms with Crippen molar-refractivity contribution in [2.45, 2.75) is 52.4 Å². The van der Waals surface area contributed by atoms with Crippen molar-refractivity contribution in [3.63, 3.8) is 0 Å². The quantitative estimate of drug-likeness (QED) is 0.759. The van der Waals surface area contributed by atoms with Gasteiger partial charge in [0, 0.05) is 19.6 Å². The van der Waals surface area contributed by atoms with E-state index in [4.69, 9.17) is 0 Å². The Hall–Kier alpha value is -0.770. The molecule has 0 heterocycles. The first-order valence-electron chi connectivity index (χ1n) is 9.36. The minimum Gasteiger partial charge on any atom is -0.338 e. The lowest BCUT2D eigenvalue weighted by Crippen LogP contribution is -2.52. The molecular formula is C18H33N3O. The van der Waals surface area contributed by atoms with Crippen LogP contribution in [0.3, 0.4) is 0 Å². The monoisotopic (exact) mass is 307 g/mol. The number of nitrogens with zero attached hydrogens (tertiary/aromatic N) is 1. The number of rotatable bonds is 7. The van der Waals surface area contributed by atoms with Crippen molar-refractivity contribution in [1.82, 2.24) is 15.5 Å². The summed E-state index contributed by atoms with van der Waals surface area (Å²) in [6.07, 6.45) is 8.48. The van der Waals surface area contributed by atoms with Gasteiger partial charge in [-0.1, -0.05) is 13.8 Å². The Kier molecular flexibility index (Phi) is 4.96. The van der Waals surface area contributed by atoms with Crippen LogP contribution in [0.4, 0.5) is 4.79 Å². The summed E-state index contributed by atoms with van der Waals surface area (Å²) in [5, 5.41) is 6.20. The molecule has 0 aromatic heterocycles. The average molecular weight is 307 g/mol. The summed E-state index contributed by atoms with van der Waals surface area (Å²) in [5.41, 5.74) is 0.435. The highest BCUT2D eigenvalue weighted by Crippen LogP contribution is 2.59. The van der Waals surface area contributed by atoms with Crippen molar-refractivity contribution >= 4 is 6.03 Å². The van der Waals surface area contributed by atoms with E-state index < -0.39 is 0 Å². The Labute approximate surface area is 135 Å². The van der Waals surface area contributed by atoms with Crippen molar-refractivity contribution in [1.29, 1.82) is 0 Å². The number of hydrogen-bond acceptors (Lipinski definition) is 2. The van der Waals surface area contributed by atoms with Crippen LogP contribution < -0.4 is 10.6 Å². The number of nitrogens with one attached hydrogen (secondary N) is 2. The number of likely N-dealkylation sites (N-methyl/N-ethyl adjacent to an activating group) is 1. The Morgan fingerprint density at radius 3 is 2.05 bits per heavy atom. The van der Waals surface area contributed by atoms with E-state index in [0.29, 0.717) is 5.41 Å². The van der Waals surface area contributed by atoms with E-state index in [-0.39, 0.29) is 6.03 Å². The first-order chi connectivity index (χ1) is 10.6. The van der Waals surface area contributed by atoms with E-state index in [1.807, 2.05) is 0 Å². The summed E-state index contributed by atoms with van der Waals surface area (Å²) in [6.45, 7) is 9.01. The van der Waals surface area contributed by atoms with Crippen LogP contribution in [-0.2, 0) is 0 Å². The van der Waals surface area contributed by atoms with E-state index in [1.54, 1.807) is 0 Å². The molecule has 4 rings (SSSR count). The molecule has 0 aromatic carbocycles. The fraction of sp³-hybridized carbons (Fsp3) is 0.944. The third-order valence-electron chi connectivity index (χ3n) is 6.40. The average Bonchev–Trinajstić information content (AvgIpc) is 2.48. The Morgan fingerprint density at radius 1 is 1.00 bits per heavy atom. The maximum Gasteiger partial charge on any atom is 0.314 e. The van der Waals surface area contributed by atoms with Crippen LogP contribution in [-0.4, -0.2) is 43.7 Å². The normalized spacial score (nSPS) is 35.9. The predicted molar refractivity (Wildman–Crippen MR) is 89.8 cm³/mol. The molecule has 4 bridgehead atoms. The molecule has 0 unspecified atom stereocenters. The number of carbonyl (C=O) groups is 1. The molecule has 4 aliphatic rings. The molecule has 4 aliphatic carbocycles. The largest absolute Gasteiger partial charge is 0.338 e. The minimum absolute atomic E-state index is 0.0305. The van der Waals surface area contributed by atoms with Crippen LogP contribution in [0.15, 0.2) is 0 Å². The van der Waals surface area contributed by atoms with Crippen LogP contribution in [0, 0.1) is 23.2 Å². The molecule has 0 radical (unpaired) electrons. The first-order valence-corrected chi connectivity index (χ1v) is 9.36. The zero-order valence-electron chi connectivity index (χ0n) is 14.4. The van der Waals surface area contributed by atoms with Crippen molar-refractivity contribution in [3.05, 3.63) is 0 Å². The lowest BCUT2D eigenvalue weighted by Gasteiger charge is -2.56. The fourth-order valence-corrected chi connectivity index (χ4v) is 5.70. The molecule has 126 valence electrons. The smallest absolute Gasteiger partial charge is 0.314 e. The molecule has 4 heteroatoms. The van der Waals surface area contributed by atoms with Gasteiger partial charge in [0.2, 0.25) is 0 Å². The summed E-state index contributed by atoms with van der Waals surface area (Å²) in [4.78, 5) is 14.4. The zero-order chi connectivity index (χ0) is 15.6. The molecular weight excluding hydrogens is 274 g/mol. The van der Waals surface area contributed by atoms with Gasteiger partial charge in [0.15, 0.2) is 0 Å². The molecule has 0 aromatic rings. The second-order valence-corrected chi connectivity index (χ2v) is 8.05. The molecule has 0 saturated heterocycles. The summed E-state index contributed by atoms with van der Waals surface area (Å²) in [6, 6.07) is 0.0305. The Morgan fingerprint density at radius 2 is 1.55 bits per heavy atom. The lowest BCUT2D eigenvalue weighted by atomic mass is 9.49. The van der Waals surface area contributed by atoms with E-state index >= 15 is 0 Å². The van der Waals surface area contributed by atoms with Gasteiger partial charge in [-0.05, 0) is 74.8 Å². The van der Waals surface area contributed by atoms with Gasteiger partial charge in [-0.2, -0.15) is 0 Å². The molecule has 2 amide bonds. The molecule has 4 nitrogen and oxygen atoms in total. The highest BCUT2D eigenvalue weighted by atomic mass is 16.2. The second-order valence-electron chi connectivity index (χ2n) is 8.05. The van der Waals surface area contributed by atoms with Crippen molar-refractivity contribution in [2.24, 2.45) is 23.2 Å². The van der Waals surface area contributed by atoms with Crippen molar-refractivity contribution < 1.29 is 4.79 Å². The van der Waals surface area contributed by atoms with Gasteiger partial charge in [-0.3, -0.25) is 0 Å². The van der Waals surface area contributed by atoms with Crippen LogP contribution >= 0.6 is 0 Å². The standard InChI is InChI=1S/C18H33N3O/c1-3-21(4-2)6-5-19-17(22)20-13-18-10-14-7-15(11-18)9-16(8-14)12-18/h14-16H,3-13H2,1-2H3,(H2,19,20,22). The van der Waals surface area contributed by atoms with Crippen molar-refractivity contribution in [2.75, 3.05) is 32.7 Å². The minimum atomic E-state index is 0.0305. The van der Waals surface area contributed by atoms with Gasteiger partial charge in [0.05, 0.1) is 0 Å². The summed E-state index contributed by atoms with van der Waals surface area (Å²) >= 11 is 0. The SMILES string of the molecule is CCN(CC)CCNC(=O)NCC12CC3CC(CC(C3)C1)C2. The van der Waals surface area contributed by atoms with Crippen molar-refractivity contribution in [3.8, 4) is 0 Å². The van der Waals surface area contributed by atoms with Gasteiger partial charge in [-0.25, -0.2) is 4.79 Å². The van der Waals surface area contributed by atoms with Gasteiger partial charge < -0.3 is 15.5 Å². The number of urea groups is 1. The number of hydrogen-bond donors (Lipinski definition) is 2. The molecule has 0 spiro atoms. The molecule has 2 N–H and O–H groups in total. The predicted octanol–water partition coefficient (Wildman–Crippen LogP) is 2.84. The fourth-order valence-electron chi connectivity index (χ4n) is 5.70. The maximum atomic E-state index is 12.1. The summed E-state index contributed by atoms with van der Waals surface area (Å²) in [5.74, 6) is 2.87. The molecule has 4 saturated carbocycles. The van der Waals surface area contributed by atoms with Crippen LogP contribution in [0.5, 0.6) is 0 Å². The van der Waals surface area contributed by atoms with E-state index in [9.17, 15) is 4.79 Å². The zero-order valence-corrected chi connectivity index (χ0v) is 14.4. The van der Waals surface area contributed by atoms with Gasteiger partial charge in [-0.15, -0.1) is 0 Å². The highest BCUT2D eigenvalue weighted by Gasteiger charge is 2.50. The molecule has 0 aliphatic heterocycles. The third-order valence-corrected chi connectivity index (χ3v) is 6.40. The second kappa shape index (κ2) is 6.77. The topological polar surface area (TPSA) is 44.4 Å². The van der Waals surface area contributed by atoms with Crippen LogP contribution in [0.2, 0.25) is 0 Å². The summed E-state index contributed by atoms with van der Waals surface area (Å²) in [7, 11) is 0. The van der Waals surface area contributed by atoms with Gasteiger partial charge in [0.1, 0.15) is 0 Å². The number of carbonyl (C=O) groups excluding carboxylic acids is 1. The Bertz CT molecular complexity index is 357. The van der Waals surface area contributed by atoms with E-state index in [1.165, 1.54) is 38.5 Å². The summed E-state index contributed by atoms with van der Waals surface area (Å²) < 4.78 is 0. The van der Waals surface area contributed by atoms with Gasteiger partial charge >= 0.3 is 6.03 Å². The van der Waals surface area contributed by atoms with E-state index in [2.05, 4.69) is 29.4 Å². The Balaban J connectivity index is 1.40. The molecule has 22 heavy (non-hydrogen) atoms. The highest BCUT2D eigenvalue weighted by molar-refractivity contribution is 5.73. The maximum absolute atomic E-state index is 12.1. The first kappa shape index (κ1) is 16.1. The molecule has 4 fully saturated rings. The number of amides is 2. The van der Waals surface area contributed by atoms with Crippen LogP contribution in [0.25, 0.3) is 0 Å². The van der Waals surface area contributed by atoms with Gasteiger partial charge in [0.25, 0.3) is 0 Å². The third kappa shape index (κ3) is 3.58. The molecule has 0 atom stereocenters. The van der Waals surface area contributed by atoms with E-state index in [0.717, 1.165) is 50.5 Å². The van der Waals surface area contributed by atoms with Crippen LogP contribution in [0.1, 0.15) is 52.4 Å².